The van der Waals surface area contributed by atoms with Crippen LogP contribution in [0.15, 0.2) is 30.0 Å². The van der Waals surface area contributed by atoms with Gasteiger partial charge in [-0.3, -0.25) is 4.79 Å². The van der Waals surface area contributed by atoms with Crippen LogP contribution in [0.1, 0.15) is 16.9 Å². The summed E-state index contributed by atoms with van der Waals surface area (Å²) < 4.78 is 0. The lowest BCUT2D eigenvalue weighted by Gasteiger charge is -2.14. The zero-order chi connectivity index (χ0) is 12.1. The number of carbonyl (C=O) groups is 1. The summed E-state index contributed by atoms with van der Waals surface area (Å²) in [7, 11) is 0. The van der Waals surface area contributed by atoms with Crippen LogP contribution in [0.2, 0.25) is 0 Å². The first kappa shape index (κ1) is 14.5. The van der Waals surface area contributed by atoms with Crippen molar-refractivity contribution in [1.29, 1.82) is 0 Å². The molecule has 2 rings (SSSR count). The highest BCUT2D eigenvalue weighted by molar-refractivity contribution is 5.94. The highest BCUT2D eigenvalue weighted by Crippen LogP contribution is 2.12. The molecule has 5 nitrogen and oxygen atoms in total. The Balaban J connectivity index is 0.00000162. The van der Waals surface area contributed by atoms with Gasteiger partial charge in [-0.05, 0) is 25.1 Å². The Morgan fingerprint density at radius 1 is 1.56 bits per heavy atom. The first-order chi connectivity index (χ1) is 8.27. The summed E-state index contributed by atoms with van der Waals surface area (Å²) in [6, 6.07) is 3.03. The van der Waals surface area contributed by atoms with E-state index in [0.717, 1.165) is 19.5 Å². The summed E-state index contributed by atoms with van der Waals surface area (Å²) in [5.41, 5.74) is 1.27. The summed E-state index contributed by atoms with van der Waals surface area (Å²) in [5.74, 6) is -0.438. The van der Waals surface area contributed by atoms with Gasteiger partial charge in [-0.2, -0.15) is 0 Å². The average Bonchev–Trinajstić information content (AvgIpc) is 2.38. The van der Waals surface area contributed by atoms with Crippen LogP contribution in [0.5, 0.6) is 5.75 Å². The highest BCUT2D eigenvalue weighted by atomic mass is 35.5. The predicted octanol–water partition coefficient (Wildman–Crippen LogP) is 0.858. The molecule has 0 unspecified atom stereocenters. The predicted molar refractivity (Wildman–Crippen MR) is 71.1 cm³/mol. The van der Waals surface area contributed by atoms with Gasteiger partial charge in [-0.15, -0.1) is 12.4 Å². The quantitative estimate of drug-likeness (QED) is 0.712. The SMILES string of the molecule is Cl.O=C(NCC1=CCNCC1)c1ncccc1O. The summed E-state index contributed by atoms with van der Waals surface area (Å²) in [6.45, 7) is 2.30. The van der Waals surface area contributed by atoms with E-state index in [2.05, 4.69) is 21.7 Å². The van der Waals surface area contributed by atoms with Crippen LogP contribution in [0.4, 0.5) is 0 Å². The van der Waals surface area contributed by atoms with Crippen LogP contribution in [0.25, 0.3) is 0 Å². The first-order valence-electron chi connectivity index (χ1n) is 5.58. The molecule has 0 spiro atoms. The number of carbonyl (C=O) groups excluding carboxylic acids is 1. The third-order valence-electron chi connectivity index (χ3n) is 2.64. The molecule has 98 valence electrons. The van der Waals surface area contributed by atoms with Crippen LogP contribution in [0, 0.1) is 0 Å². The van der Waals surface area contributed by atoms with Gasteiger partial charge in [0.1, 0.15) is 5.75 Å². The lowest BCUT2D eigenvalue weighted by Crippen LogP contribution is -2.30. The molecular formula is C12H16ClN3O2. The number of hydrogen-bond donors (Lipinski definition) is 3. The molecule has 6 heteroatoms. The number of pyridine rings is 1. The Morgan fingerprint density at radius 2 is 2.39 bits per heavy atom. The lowest BCUT2D eigenvalue weighted by molar-refractivity contribution is 0.0948. The number of nitrogens with one attached hydrogen (secondary N) is 2. The van der Waals surface area contributed by atoms with Crippen LogP contribution in [-0.2, 0) is 0 Å². The van der Waals surface area contributed by atoms with Gasteiger partial charge < -0.3 is 15.7 Å². The summed E-state index contributed by atoms with van der Waals surface area (Å²) in [6.07, 6.45) is 4.50. The molecule has 18 heavy (non-hydrogen) atoms. The fourth-order valence-corrected chi connectivity index (χ4v) is 1.68. The van der Waals surface area contributed by atoms with Crippen LogP contribution >= 0.6 is 12.4 Å². The normalized spacial score (nSPS) is 14.3. The number of halogens is 1. The third kappa shape index (κ3) is 3.72. The van der Waals surface area contributed by atoms with Gasteiger partial charge >= 0.3 is 0 Å². The second kappa shape index (κ2) is 6.98. The number of nitrogens with zero attached hydrogens (tertiary/aromatic N) is 1. The largest absolute Gasteiger partial charge is 0.505 e. The molecule has 1 aromatic heterocycles. The summed E-state index contributed by atoms with van der Waals surface area (Å²) in [4.78, 5) is 15.6. The van der Waals surface area contributed by atoms with Gasteiger partial charge in [0.25, 0.3) is 5.91 Å². The summed E-state index contributed by atoms with van der Waals surface area (Å²) in [5, 5.41) is 15.4. The maximum Gasteiger partial charge on any atom is 0.273 e. The van der Waals surface area contributed by atoms with E-state index in [-0.39, 0.29) is 29.8 Å². The Hall–Kier alpha value is -1.59. The molecule has 2 heterocycles. The molecule has 1 aliphatic heterocycles. The minimum Gasteiger partial charge on any atom is -0.505 e. The van der Waals surface area contributed by atoms with E-state index in [4.69, 9.17) is 0 Å². The monoisotopic (exact) mass is 269 g/mol. The van der Waals surface area contributed by atoms with Crippen molar-refractivity contribution in [2.75, 3.05) is 19.6 Å². The van der Waals surface area contributed by atoms with Crippen molar-refractivity contribution >= 4 is 18.3 Å². The maximum atomic E-state index is 11.7. The van der Waals surface area contributed by atoms with Crippen molar-refractivity contribution in [3.8, 4) is 5.75 Å². The van der Waals surface area contributed by atoms with Gasteiger partial charge in [-0.1, -0.05) is 11.6 Å². The van der Waals surface area contributed by atoms with Crippen molar-refractivity contribution < 1.29 is 9.90 Å². The molecule has 1 aromatic rings. The van der Waals surface area contributed by atoms with Crippen molar-refractivity contribution in [2.24, 2.45) is 0 Å². The number of amides is 1. The second-order valence-corrected chi connectivity index (χ2v) is 3.87. The Morgan fingerprint density at radius 3 is 3.06 bits per heavy atom. The molecule has 0 saturated carbocycles. The van der Waals surface area contributed by atoms with E-state index >= 15 is 0 Å². The Bertz CT molecular complexity index is 449. The van der Waals surface area contributed by atoms with Gasteiger partial charge in [0, 0.05) is 19.3 Å². The number of aromatic hydroxyl groups is 1. The van der Waals surface area contributed by atoms with Gasteiger partial charge in [0.15, 0.2) is 5.69 Å². The van der Waals surface area contributed by atoms with E-state index in [1.165, 1.54) is 17.8 Å². The fourth-order valence-electron chi connectivity index (χ4n) is 1.68. The smallest absolute Gasteiger partial charge is 0.273 e. The summed E-state index contributed by atoms with van der Waals surface area (Å²) >= 11 is 0. The van der Waals surface area contributed by atoms with Crippen LogP contribution < -0.4 is 10.6 Å². The van der Waals surface area contributed by atoms with Crippen molar-refractivity contribution in [3.63, 3.8) is 0 Å². The van der Waals surface area contributed by atoms with E-state index < -0.39 is 0 Å². The number of aromatic nitrogens is 1. The van der Waals surface area contributed by atoms with Crippen molar-refractivity contribution in [3.05, 3.63) is 35.7 Å². The zero-order valence-corrected chi connectivity index (χ0v) is 10.7. The van der Waals surface area contributed by atoms with Crippen molar-refractivity contribution in [2.45, 2.75) is 6.42 Å². The molecule has 0 atom stereocenters. The molecule has 1 amide bonds. The Labute approximate surface area is 112 Å². The molecule has 0 fully saturated rings. The average molecular weight is 270 g/mol. The van der Waals surface area contributed by atoms with E-state index in [1.807, 2.05) is 0 Å². The first-order valence-corrected chi connectivity index (χ1v) is 5.58. The lowest BCUT2D eigenvalue weighted by atomic mass is 10.1. The van der Waals surface area contributed by atoms with Gasteiger partial charge in [0.2, 0.25) is 0 Å². The Kier molecular flexibility index (Phi) is 5.61. The second-order valence-electron chi connectivity index (χ2n) is 3.87. The molecular weight excluding hydrogens is 254 g/mol. The van der Waals surface area contributed by atoms with Gasteiger partial charge in [0.05, 0.1) is 0 Å². The molecule has 1 aliphatic rings. The minimum absolute atomic E-state index is 0. The van der Waals surface area contributed by atoms with Crippen molar-refractivity contribution in [1.82, 2.24) is 15.6 Å². The highest BCUT2D eigenvalue weighted by Gasteiger charge is 2.12. The molecule has 0 aromatic carbocycles. The topological polar surface area (TPSA) is 74.2 Å². The third-order valence-corrected chi connectivity index (χ3v) is 2.64. The molecule has 3 N–H and O–H groups in total. The molecule has 0 bridgehead atoms. The van der Waals surface area contributed by atoms with E-state index in [9.17, 15) is 9.90 Å². The van der Waals surface area contributed by atoms with Crippen LogP contribution in [-0.4, -0.2) is 35.6 Å². The fraction of sp³-hybridized carbons (Fsp3) is 0.333. The molecule has 0 saturated heterocycles. The minimum atomic E-state index is -0.345. The number of rotatable bonds is 3. The zero-order valence-electron chi connectivity index (χ0n) is 9.85. The standard InChI is InChI=1S/C12H15N3O2.ClH/c16-10-2-1-5-14-11(10)12(17)15-8-9-3-6-13-7-4-9;/h1-3,5,13,16H,4,6-8H2,(H,15,17);1H. The van der Waals surface area contributed by atoms with E-state index in [1.54, 1.807) is 6.07 Å². The maximum absolute atomic E-state index is 11.7. The van der Waals surface area contributed by atoms with E-state index in [0.29, 0.717) is 6.54 Å². The van der Waals surface area contributed by atoms with Crippen LogP contribution in [0.3, 0.4) is 0 Å². The van der Waals surface area contributed by atoms with Gasteiger partial charge in [-0.25, -0.2) is 4.98 Å². The number of hydrogen-bond acceptors (Lipinski definition) is 4. The molecule has 0 radical (unpaired) electrons. The molecule has 0 aliphatic carbocycles.